The van der Waals surface area contributed by atoms with Crippen LogP contribution in [-0.2, 0) is 22.5 Å². The number of imide groups is 1. The van der Waals surface area contributed by atoms with Crippen LogP contribution < -0.4 is 20.1 Å². The van der Waals surface area contributed by atoms with Crippen LogP contribution >= 0.6 is 12.2 Å². The number of rotatable bonds is 10. The molecular formula is C30H33FN4O6S. The summed E-state index contributed by atoms with van der Waals surface area (Å²) < 4.78 is 36.3. The summed E-state index contributed by atoms with van der Waals surface area (Å²) in [6.07, 6.45) is 4.96. The van der Waals surface area contributed by atoms with E-state index in [9.17, 15) is 14.0 Å². The zero-order chi connectivity index (χ0) is 30.3. The van der Waals surface area contributed by atoms with Gasteiger partial charge in [-0.1, -0.05) is 18.3 Å². The molecule has 1 aliphatic rings. The van der Waals surface area contributed by atoms with Crippen LogP contribution in [0.5, 0.6) is 11.5 Å². The van der Waals surface area contributed by atoms with Crippen molar-refractivity contribution in [3.63, 3.8) is 0 Å². The van der Waals surface area contributed by atoms with Crippen LogP contribution in [0.4, 0.5) is 14.9 Å². The standard InChI is InChI=1S/C30H33FN4O6S/c1-30(2,3)41-29(37)35-14-11-22(25(28(35)36)27(42)34-23-9-5-8-21(31)26(23)38-4)33-17-19-10-13-32-18-24(19)40-16-12-20-7-6-15-39-20/h5-10,13,15,18,33H,11-12,14,16-17H2,1-4H3,(H,34,42). The molecule has 0 atom stereocenters. The fourth-order valence-corrected chi connectivity index (χ4v) is 4.54. The van der Waals surface area contributed by atoms with Crippen LogP contribution in [-0.4, -0.2) is 52.7 Å². The Morgan fingerprint density at radius 3 is 2.74 bits per heavy atom. The van der Waals surface area contributed by atoms with E-state index in [0.717, 1.165) is 16.2 Å². The highest BCUT2D eigenvalue weighted by Crippen LogP contribution is 2.30. The average molecular weight is 597 g/mol. The van der Waals surface area contributed by atoms with Crippen molar-refractivity contribution in [3.8, 4) is 11.5 Å². The quantitative estimate of drug-likeness (QED) is 0.295. The third-order valence-electron chi connectivity index (χ3n) is 6.15. The first-order valence-corrected chi connectivity index (χ1v) is 13.7. The normalized spacial score (nSPS) is 13.5. The Labute approximate surface area is 248 Å². The lowest BCUT2D eigenvalue weighted by Crippen LogP contribution is -2.47. The van der Waals surface area contributed by atoms with Gasteiger partial charge in [0.05, 0.1) is 37.4 Å². The van der Waals surface area contributed by atoms with Gasteiger partial charge < -0.3 is 29.3 Å². The fraction of sp³-hybridized carbons (Fsp3) is 0.333. The van der Waals surface area contributed by atoms with E-state index in [4.69, 9.17) is 30.8 Å². The number of nitrogens with zero attached hydrogens (tertiary/aromatic N) is 2. The van der Waals surface area contributed by atoms with E-state index in [1.54, 1.807) is 51.6 Å². The number of benzene rings is 1. The molecule has 1 aliphatic heterocycles. The summed E-state index contributed by atoms with van der Waals surface area (Å²) in [6.45, 7) is 5.89. The van der Waals surface area contributed by atoms with Crippen LogP contribution in [0, 0.1) is 5.82 Å². The largest absolute Gasteiger partial charge is 0.492 e. The number of carbonyl (C=O) groups is 2. The van der Waals surface area contributed by atoms with E-state index in [-0.39, 0.29) is 41.5 Å². The first-order chi connectivity index (χ1) is 20.1. The number of aromatic nitrogens is 1. The van der Waals surface area contributed by atoms with E-state index < -0.39 is 23.4 Å². The molecule has 2 aromatic heterocycles. The Morgan fingerprint density at radius 1 is 1.21 bits per heavy atom. The molecule has 3 aromatic rings. The average Bonchev–Trinajstić information content (AvgIpc) is 3.45. The number of pyridine rings is 1. The van der Waals surface area contributed by atoms with Crippen molar-refractivity contribution in [1.82, 2.24) is 15.2 Å². The van der Waals surface area contributed by atoms with Gasteiger partial charge in [-0.15, -0.1) is 0 Å². The molecule has 0 saturated heterocycles. The number of thiocarbonyl (C=S) groups is 1. The predicted octanol–water partition coefficient (Wildman–Crippen LogP) is 5.39. The lowest BCUT2D eigenvalue weighted by molar-refractivity contribution is -0.126. The highest BCUT2D eigenvalue weighted by molar-refractivity contribution is 7.81. The number of anilines is 1. The van der Waals surface area contributed by atoms with Crippen molar-refractivity contribution in [2.24, 2.45) is 0 Å². The van der Waals surface area contributed by atoms with Crippen molar-refractivity contribution in [2.75, 3.05) is 25.6 Å². The molecule has 1 aromatic carbocycles. The zero-order valence-electron chi connectivity index (χ0n) is 23.9. The summed E-state index contributed by atoms with van der Waals surface area (Å²) in [4.78, 5) is 31.8. The molecule has 222 valence electrons. The van der Waals surface area contributed by atoms with Crippen LogP contribution in [0.15, 0.2) is 70.7 Å². The molecule has 0 radical (unpaired) electrons. The van der Waals surface area contributed by atoms with Crippen LogP contribution in [0.3, 0.4) is 0 Å². The van der Waals surface area contributed by atoms with Crippen molar-refractivity contribution in [1.29, 1.82) is 0 Å². The molecule has 0 bridgehead atoms. The fourth-order valence-electron chi connectivity index (χ4n) is 4.22. The third kappa shape index (κ3) is 7.64. The summed E-state index contributed by atoms with van der Waals surface area (Å²) >= 11 is 5.63. The minimum absolute atomic E-state index is 0.00990. The first-order valence-electron chi connectivity index (χ1n) is 13.3. The number of ether oxygens (including phenoxy) is 3. The molecule has 12 heteroatoms. The number of hydrogen-bond acceptors (Lipinski definition) is 9. The van der Waals surface area contributed by atoms with E-state index >= 15 is 0 Å². The van der Waals surface area contributed by atoms with Gasteiger partial charge in [-0.05, 0) is 51.1 Å². The van der Waals surface area contributed by atoms with Crippen LogP contribution in [0.2, 0.25) is 0 Å². The van der Waals surface area contributed by atoms with Crippen LogP contribution in [0.1, 0.15) is 38.5 Å². The Hall–Kier alpha value is -4.45. The van der Waals surface area contributed by atoms with Gasteiger partial charge in [0.25, 0.3) is 5.91 Å². The molecule has 10 nitrogen and oxygen atoms in total. The van der Waals surface area contributed by atoms with E-state index in [2.05, 4.69) is 15.6 Å². The van der Waals surface area contributed by atoms with Gasteiger partial charge in [0.1, 0.15) is 22.1 Å². The number of carbonyl (C=O) groups excluding carboxylic acids is 2. The Bertz CT molecular complexity index is 1470. The summed E-state index contributed by atoms with van der Waals surface area (Å²) in [6, 6.07) is 9.81. The highest BCUT2D eigenvalue weighted by atomic mass is 32.1. The minimum Gasteiger partial charge on any atom is -0.492 e. The number of para-hydroxylation sites is 1. The molecule has 0 fully saturated rings. The van der Waals surface area contributed by atoms with E-state index in [1.165, 1.54) is 19.2 Å². The first kappa shape index (κ1) is 30.5. The molecule has 2 amide bonds. The molecule has 4 rings (SSSR count). The molecule has 0 spiro atoms. The number of hydrogen-bond donors (Lipinski definition) is 2. The molecule has 42 heavy (non-hydrogen) atoms. The summed E-state index contributed by atoms with van der Waals surface area (Å²) in [7, 11) is 1.33. The minimum atomic E-state index is -0.803. The van der Waals surface area contributed by atoms with Gasteiger partial charge in [0.15, 0.2) is 11.6 Å². The van der Waals surface area contributed by atoms with E-state index in [0.29, 0.717) is 24.5 Å². The van der Waals surface area contributed by atoms with Crippen molar-refractivity contribution < 1.29 is 32.6 Å². The molecule has 2 N–H and O–H groups in total. The van der Waals surface area contributed by atoms with Crippen molar-refractivity contribution in [3.05, 3.63) is 83.5 Å². The zero-order valence-corrected chi connectivity index (χ0v) is 24.7. The monoisotopic (exact) mass is 596 g/mol. The summed E-state index contributed by atoms with van der Waals surface area (Å²) in [5, 5.41) is 6.21. The number of methoxy groups -OCH3 is 1. The smallest absolute Gasteiger partial charge is 0.417 e. The maximum Gasteiger partial charge on any atom is 0.417 e. The lowest BCUT2D eigenvalue weighted by Gasteiger charge is -2.31. The number of furan rings is 1. The SMILES string of the molecule is COc1c(F)cccc1NC(=S)C1=C(NCc2ccncc2OCCc2ccco2)CCN(C(=O)OC(C)(C)C)C1=O. The maximum atomic E-state index is 14.3. The molecule has 0 saturated carbocycles. The van der Waals surface area contributed by atoms with Gasteiger partial charge >= 0.3 is 6.09 Å². The second-order valence-electron chi connectivity index (χ2n) is 10.3. The topological polar surface area (TPSA) is 115 Å². The van der Waals surface area contributed by atoms with E-state index in [1.807, 2.05) is 12.1 Å². The van der Waals surface area contributed by atoms with Gasteiger partial charge in [-0.3, -0.25) is 9.78 Å². The molecular weight excluding hydrogens is 563 g/mol. The number of amides is 2. The van der Waals surface area contributed by atoms with Gasteiger partial charge in [-0.25, -0.2) is 14.1 Å². The third-order valence-corrected chi connectivity index (χ3v) is 6.46. The molecule has 3 heterocycles. The van der Waals surface area contributed by atoms with Crippen LogP contribution in [0.25, 0.3) is 0 Å². The highest BCUT2D eigenvalue weighted by Gasteiger charge is 2.36. The number of halogens is 1. The van der Waals surface area contributed by atoms with Gasteiger partial charge in [0, 0.05) is 43.4 Å². The predicted molar refractivity (Wildman–Crippen MR) is 158 cm³/mol. The Balaban J connectivity index is 1.58. The molecule has 0 aliphatic carbocycles. The number of nitrogens with one attached hydrogen (secondary N) is 2. The summed E-state index contributed by atoms with van der Waals surface area (Å²) in [5.74, 6) is 0.0760. The van der Waals surface area contributed by atoms with Gasteiger partial charge in [-0.2, -0.15) is 0 Å². The second kappa shape index (κ2) is 13.5. The Kier molecular flexibility index (Phi) is 9.79. The van der Waals surface area contributed by atoms with Gasteiger partial charge in [0.2, 0.25) is 0 Å². The maximum absolute atomic E-state index is 14.3. The molecule has 0 unspecified atom stereocenters. The lowest BCUT2D eigenvalue weighted by atomic mass is 10.0. The van der Waals surface area contributed by atoms with Crippen molar-refractivity contribution in [2.45, 2.75) is 45.8 Å². The second-order valence-corrected chi connectivity index (χ2v) is 10.7. The Morgan fingerprint density at radius 2 is 2.02 bits per heavy atom. The van der Waals surface area contributed by atoms with Crippen molar-refractivity contribution >= 4 is 34.9 Å². The summed E-state index contributed by atoms with van der Waals surface area (Å²) in [5.41, 5.74) is 0.790.